The first kappa shape index (κ1) is 39.7. The molecule has 0 saturated heterocycles. The molecule has 316 valence electrons. The molecule has 3 nitrogen and oxygen atoms in total. The molecule has 12 aromatic rings. The van der Waals surface area contributed by atoms with E-state index in [0.29, 0.717) is 0 Å². The van der Waals surface area contributed by atoms with Gasteiger partial charge in [-0.25, -0.2) is 0 Å². The van der Waals surface area contributed by atoms with E-state index >= 15 is 0 Å². The normalized spacial score (nSPS) is 11.3. The van der Waals surface area contributed by atoms with Crippen molar-refractivity contribution in [2.75, 3.05) is 9.80 Å². The molecular weight excluding hydrogens is 813 g/mol. The first-order valence-electron chi connectivity index (χ1n) is 22.8. The Morgan fingerprint density at radius 2 is 0.672 bits per heavy atom. The van der Waals surface area contributed by atoms with Crippen LogP contribution in [0, 0.1) is 0 Å². The number of hydrogen-bond donors (Lipinski definition) is 0. The highest BCUT2D eigenvalue weighted by Crippen LogP contribution is 2.51. The molecule has 0 spiro atoms. The van der Waals surface area contributed by atoms with Crippen molar-refractivity contribution < 1.29 is 4.42 Å². The van der Waals surface area contributed by atoms with Gasteiger partial charge in [0.05, 0.1) is 17.1 Å². The van der Waals surface area contributed by atoms with Gasteiger partial charge in [-0.3, -0.25) is 0 Å². The Kier molecular flexibility index (Phi) is 10.2. The van der Waals surface area contributed by atoms with Gasteiger partial charge in [-0.1, -0.05) is 212 Å². The van der Waals surface area contributed by atoms with Crippen LogP contribution in [0.3, 0.4) is 0 Å². The molecule has 0 aliphatic carbocycles. The zero-order chi connectivity index (χ0) is 44.5. The van der Waals surface area contributed by atoms with Gasteiger partial charge in [0.1, 0.15) is 5.58 Å². The molecule has 3 heteroatoms. The molecule has 1 aromatic heterocycles. The van der Waals surface area contributed by atoms with Crippen molar-refractivity contribution in [2.24, 2.45) is 0 Å². The predicted molar refractivity (Wildman–Crippen MR) is 282 cm³/mol. The van der Waals surface area contributed by atoms with Crippen molar-refractivity contribution in [3.8, 4) is 44.5 Å². The van der Waals surface area contributed by atoms with Crippen LogP contribution in [0.4, 0.5) is 34.1 Å². The molecule has 0 saturated carbocycles. The van der Waals surface area contributed by atoms with Crippen LogP contribution in [0.15, 0.2) is 271 Å². The summed E-state index contributed by atoms with van der Waals surface area (Å²) in [6, 6.07) is 95.5. The van der Waals surface area contributed by atoms with Crippen LogP contribution in [-0.4, -0.2) is 0 Å². The Bertz CT molecular complexity index is 3660. The largest absolute Gasteiger partial charge is 0.453 e. The van der Waals surface area contributed by atoms with Crippen molar-refractivity contribution in [2.45, 2.75) is 0 Å². The molecule has 0 aliphatic heterocycles. The van der Waals surface area contributed by atoms with Gasteiger partial charge >= 0.3 is 0 Å². The third-order valence-corrected chi connectivity index (χ3v) is 12.9. The Hall–Kier alpha value is -8.92. The van der Waals surface area contributed by atoms with Gasteiger partial charge in [-0.2, -0.15) is 0 Å². The summed E-state index contributed by atoms with van der Waals surface area (Å²) in [7, 11) is 0. The van der Waals surface area contributed by atoms with Crippen LogP contribution >= 0.6 is 0 Å². The number of hydrogen-bond acceptors (Lipinski definition) is 3. The zero-order valence-corrected chi connectivity index (χ0v) is 36.7. The summed E-state index contributed by atoms with van der Waals surface area (Å²) in [6.45, 7) is 0. The molecular formula is C64H44N2O. The quantitative estimate of drug-likeness (QED) is 0.137. The zero-order valence-electron chi connectivity index (χ0n) is 36.7. The summed E-state index contributed by atoms with van der Waals surface area (Å²) in [5.74, 6) is 0. The molecule has 0 radical (unpaired) electrons. The van der Waals surface area contributed by atoms with E-state index in [4.69, 9.17) is 4.42 Å². The fraction of sp³-hybridized carbons (Fsp3) is 0. The smallest absolute Gasteiger partial charge is 0.159 e. The van der Waals surface area contributed by atoms with E-state index in [0.717, 1.165) is 100 Å². The number of fused-ring (bicyclic) bond motifs is 5. The second-order valence-electron chi connectivity index (χ2n) is 16.9. The number of anilines is 6. The number of nitrogens with zero attached hydrogens (tertiary/aromatic N) is 2. The molecule has 0 N–H and O–H groups in total. The Labute approximate surface area is 390 Å². The minimum atomic E-state index is 0.806. The minimum Gasteiger partial charge on any atom is -0.453 e. The maximum Gasteiger partial charge on any atom is 0.159 e. The van der Waals surface area contributed by atoms with E-state index in [1.165, 1.54) is 11.1 Å². The molecule has 0 unspecified atom stereocenters. The van der Waals surface area contributed by atoms with Crippen LogP contribution in [0.2, 0.25) is 0 Å². The lowest BCUT2D eigenvalue weighted by molar-refractivity contribution is 0.673. The Morgan fingerprint density at radius 1 is 0.239 bits per heavy atom. The summed E-state index contributed by atoms with van der Waals surface area (Å²) < 4.78 is 7.30. The standard InChI is InChI=1S/C64H44N2O/c1-5-19-45(20-6-1)47-33-38-52(39-34-47)65(60-31-17-15-28-55(60)49-23-9-3-10-24-49)54-43-59-58-42-37-51-27-13-14-30-57(51)63(58)67-64(59)62(44-54)66(53-40-35-48(36-41-53)46-21-7-2-8-22-46)61-32-18-16-29-56(61)50-25-11-4-12-26-50/h1-44H. The predicted octanol–water partition coefficient (Wildman–Crippen LogP) is 18.3. The topological polar surface area (TPSA) is 19.6 Å². The van der Waals surface area contributed by atoms with Crippen molar-refractivity contribution in [1.82, 2.24) is 0 Å². The van der Waals surface area contributed by atoms with E-state index in [9.17, 15) is 0 Å². The molecule has 1 heterocycles. The summed E-state index contributed by atoms with van der Waals surface area (Å²) in [5, 5.41) is 4.30. The molecule has 0 atom stereocenters. The van der Waals surface area contributed by atoms with Crippen LogP contribution in [0.25, 0.3) is 77.2 Å². The van der Waals surface area contributed by atoms with Gasteiger partial charge in [0, 0.05) is 44.3 Å². The number of furan rings is 1. The monoisotopic (exact) mass is 856 g/mol. The first-order valence-corrected chi connectivity index (χ1v) is 22.8. The third-order valence-electron chi connectivity index (χ3n) is 12.9. The van der Waals surface area contributed by atoms with E-state index in [-0.39, 0.29) is 0 Å². The highest BCUT2D eigenvalue weighted by atomic mass is 16.3. The maximum absolute atomic E-state index is 7.30. The Morgan fingerprint density at radius 3 is 1.22 bits per heavy atom. The first-order chi connectivity index (χ1) is 33.2. The minimum absolute atomic E-state index is 0.806. The summed E-state index contributed by atoms with van der Waals surface area (Å²) in [4.78, 5) is 4.81. The second-order valence-corrected chi connectivity index (χ2v) is 16.9. The lowest BCUT2D eigenvalue weighted by Gasteiger charge is -2.31. The lowest BCUT2D eigenvalue weighted by atomic mass is 9.99. The molecule has 0 amide bonds. The summed E-state index contributed by atoms with van der Waals surface area (Å²) in [6.07, 6.45) is 0. The highest BCUT2D eigenvalue weighted by Gasteiger charge is 2.27. The van der Waals surface area contributed by atoms with Gasteiger partial charge in [-0.05, 0) is 93.4 Å². The van der Waals surface area contributed by atoms with Gasteiger partial charge in [0.15, 0.2) is 5.58 Å². The molecule has 0 bridgehead atoms. The summed E-state index contributed by atoms with van der Waals surface area (Å²) >= 11 is 0. The van der Waals surface area contributed by atoms with Crippen molar-refractivity contribution in [1.29, 1.82) is 0 Å². The molecule has 12 rings (SSSR count). The molecule has 67 heavy (non-hydrogen) atoms. The molecule has 0 fully saturated rings. The lowest BCUT2D eigenvalue weighted by Crippen LogP contribution is -2.15. The summed E-state index contributed by atoms with van der Waals surface area (Å²) in [5.41, 5.74) is 16.9. The Balaban J connectivity index is 1.17. The van der Waals surface area contributed by atoms with Gasteiger partial charge in [0.25, 0.3) is 0 Å². The van der Waals surface area contributed by atoms with Crippen LogP contribution in [0.5, 0.6) is 0 Å². The van der Waals surface area contributed by atoms with Crippen LogP contribution < -0.4 is 9.80 Å². The molecule has 11 aromatic carbocycles. The second kappa shape index (κ2) is 17.2. The fourth-order valence-electron chi connectivity index (χ4n) is 9.63. The SMILES string of the molecule is c1ccc(-c2ccc(N(c3cc(N(c4ccc(-c5ccccc5)cc4)c4ccccc4-c4ccccc4)c4oc5c6ccccc6ccc5c4c3)c3ccccc3-c3ccccc3)cc2)cc1. The number of benzene rings is 11. The van der Waals surface area contributed by atoms with E-state index in [1.54, 1.807) is 0 Å². The fourth-order valence-corrected chi connectivity index (χ4v) is 9.63. The van der Waals surface area contributed by atoms with Crippen molar-refractivity contribution >= 4 is 66.8 Å². The van der Waals surface area contributed by atoms with Gasteiger partial charge in [0.2, 0.25) is 0 Å². The van der Waals surface area contributed by atoms with Gasteiger partial charge < -0.3 is 14.2 Å². The third kappa shape index (κ3) is 7.39. The van der Waals surface area contributed by atoms with Gasteiger partial charge in [-0.15, -0.1) is 0 Å². The average Bonchev–Trinajstić information content (AvgIpc) is 3.80. The van der Waals surface area contributed by atoms with Crippen LogP contribution in [-0.2, 0) is 0 Å². The van der Waals surface area contributed by atoms with E-state index in [1.807, 2.05) is 0 Å². The van der Waals surface area contributed by atoms with Crippen molar-refractivity contribution in [3.05, 3.63) is 267 Å². The van der Waals surface area contributed by atoms with E-state index < -0.39 is 0 Å². The highest BCUT2D eigenvalue weighted by molar-refractivity contribution is 6.19. The molecule has 0 aliphatic rings. The maximum atomic E-state index is 7.30. The average molecular weight is 857 g/mol. The van der Waals surface area contributed by atoms with Crippen LogP contribution in [0.1, 0.15) is 0 Å². The van der Waals surface area contributed by atoms with E-state index in [2.05, 4.69) is 277 Å². The number of para-hydroxylation sites is 2. The number of rotatable bonds is 10. The van der Waals surface area contributed by atoms with Crippen molar-refractivity contribution in [3.63, 3.8) is 0 Å².